The minimum atomic E-state index is -0.204. The minimum absolute atomic E-state index is 0.204. The van der Waals surface area contributed by atoms with Gasteiger partial charge in [-0.1, -0.05) is 11.6 Å². The highest BCUT2D eigenvalue weighted by Crippen LogP contribution is 2.31. The van der Waals surface area contributed by atoms with Gasteiger partial charge < -0.3 is 0 Å². The van der Waals surface area contributed by atoms with E-state index in [-0.39, 0.29) is 11.8 Å². The summed E-state index contributed by atoms with van der Waals surface area (Å²) in [5.41, 5.74) is 0.516. The highest BCUT2D eigenvalue weighted by Gasteiger charge is 2.29. The number of rotatable bonds is 1. The molecule has 0 N–H and O–H groups in total. The smallest absolute Gasteiger partial charge is 0.243 e. The Morgan fingerprint density at radius 1 is 1.25 bits per heavy atom. The third kappa shape index (κ3) is 2.26. The Morgan fingerprint density at radius 2 is 1.88 bits per heavy atom. The Labute approximate surface area is 110 Å². The van der Waals surface area contributed by atoms with Crippen molar-refractivity contribution in [3.05, 3.63) is 27.7 Å². The Morgan fingerprint density at radius 3 is 2.50 bits per heavy atom. The molecule has 0 aromatic heterocycles. The maximum Gasteiger partial charge on any atom is 0.243 e. The van der Waals surface area contributed by atoms with E-state index in [0.29, 0.717) is 26.7 Å². The van der Waals surface area contributed by atoms with Crippen molar-refractivity contribution in [1.29, 1.82) is 0 Å². The summed E-state index contributed by atoms with van der Waals surface area (Å²) in [6, 6.07) is 5.03. The van der Waals surface area contributed by atoms with Gasteiger partial charge in [0.05, 0.1) is 17.2 Å². The van der Waals surface area contributed by atoms with Crippen LogP contribution >= 0.6 is 39.3 Å². The average molecular weight is 321 g/mol. The van der Waals surface area contributed by atoms with Crippen LogP contribution in [-0.2, 0) is 9.59 Å². The van der Waals surface area contributed by atoms with Crippen LogP contribution in [0.4, 0.5) is 5.69 Å². The van der Waals surface area contributed by atoms with Gasteiger partial charge in [0.15, 0.2) is 0 Å². The molecule has 2 amide bonds. The van der Waals surface area contributed by atoms with E-state index in [4.69, 9.17) is 11.6 Å². The number of anilines is 1. The molecule has 1 aliphatic rings. The number of hydrogen-bond acceptors (Lipinski definition) is 3. The van der Waals surface area contributed by atoms with Gasteiger partial charge in [0.25, 0.3) is 0 Å². The van der Waals surface area contributed by atoms with Gasteiger partial charge >= 0.3 is 0 Å². The lowest BCUT2D eigenvalue weighted by Gasteiger charge is -2.25. The molecule has 1 saturated heterocycles. The molecule has 3 nitrogen and oxygen atoms in total. The van der Waals surface area contributed by atoms with Crippen LogP contribution in [0.1, 0.15) is 0 Å². The number of hydrogen-bond donors (Lipinski definition) is 0. The van der Waals surface area contributed by atoms with E-state index in [1.807, 2.05) is 0 Å². The van der Waals surface area contributed by atoms with Crippen molar-refractivity contribution >= 4 is 56.8 Å². The Bertz CT molecular complexity index is 450. The molecule has 1 aliphatic heterocycles. The molecule has 6 heteroatoms. The number of amides is 2. The molecule has 1 heterocycles. The molecule has 1 fully saturated rings. The Hall–Kier alpha value is -0.520. The van der Waals surface area contributed by atoms with Crippen LogP contribution in [0.2, 0.25) is 5.02 Å². The molecule has 0 atom stereocenters. The van der Waals surface area contributed by atoms with E-state index in [1.54, 1.807) is 18.2 Å². The van der Waals surface area contributed by atoms with Crippen molar-refractivity contribution < 1.29 is 9.59 Å². The summed E-state index contributed by atoms with van der Waals surface area (Å²) in [6.07, 6.45) is 0. The zero-order valence-electron chi connectivity index (χ0n) is 8.07. The molecule has 0 unspecified atom stereocenters. The van der Waals surface area contributed by atoms with Crippen LogP contribution < -0.4 is 4.90 Å². The van der Waals surface area contributed by atoms with Gasteiger partial charge in [0, 0.05) is 9.50 Å². The standard InChI is InChI=1S/C10H7BrClNO2S/c11-7-2-1-6(12)3-8(7)13-9(14)4-16-5-10(13)15/h1-3H,4-5H2. The summed E-state index contributed by atoms with van der Waals surface area (Å²) in [6.45, 7) is 0. The lowest BCUT2D eigenvalue weighted by Crippen LogP contribution is -2.43. The minimum Gasteiger partial charge on any atom is -0.273 e. The molecule has 16 heavy (non-hydrogen) atoms. The van der Waals surface area contributed by atoms with Crippen LogP contribution in [-0.4, -0.2) is 23.3 Å². The molecule has 84 valence electrons. The predicted molar refractivity (Wildman–Crippen MR) is 69.0 cm³/mol. The first kappa shape index (κ1) is 12.0. The van der Waals surface area contributed by atoms with Crippen LogP contribution in [0.5, 0.6) is 0 Å². The summed E-state index contributed by atoms with van der Waals surface area (Å²) < 4.78 is 0.686. The summed E-state index contributed by atoms with van der Waals surface area (Å²) >= 11 is 10.5. The lowest BCUT2D eigenvalue weighted by molar-refractivity contribution is -0.124. The van der Waals surface area contributed by atoms with E-state index >= 15 is 0 Å². The summed E-state index contributed by atoms with van der Waals surface area (Å²) in [5, 5.41) is 0.497. The fourth-order valence-electron chi connectivity index (χ4n) is 1.42. The van der Waals surface area contributed by atoms with Gasteiger partial charge in [0.2, 0.25) is 11.8 Å². The largest absolute Gasteiger partial charge is 0.273 e. The van der Waals surface area contributed by atoms with Crippen LogP contribution in [0.15, 0.2) is 22.7 Å². The fraction of sp³-hybridized carbons (Fsp3) is 0.200. The molecule has 1 aromatic rings. The van der Waals surface area contributed by atoms with Crippen molar-refractivity contribution in [2.24, 2.45) is 0 Å². The highest BCUT2D eigenvalue weighted by atomic mass is 79.9. The van der Waals surface area contributed by atoms with E-state index in [1.165, 1.54) is 16.7 Å². The first-order valence-electron chi connectivity index (χ1n) is 4.48. The fourth-order valence-corrected chi connectivity index (χ4v) is 2.72. The third-order valence-corrected chi connectivity index (χ3v) is 3.91. The van der Waals surface area contributed by atoms with Gasteiger partial charge in [-0.05, 0) is 34.1 Å². The number of imide groups is 1. The van der Waals surface area contributed by atoms with Crippen molar-refractivity contribution in [2.75, 3.05) is 16.4 Å². The lowest BCUT2D eigenvalue weighted by atomic mass is 10.2. The normalized spacial score (nSPS) is 16.8. The second-order valence-corrected chi connectivity index (χ2v) is 5.49. The molecule has 0 bridgehead atoms. The molecule has 0 saturated carbocycles. The molecule has 1 aromatic carbocycles. The van der Waals surface area contributed by atoms with Crippen LogP contribution in [0.25, 0.3) is 0 Å². The van der Waals surface area contributed by atoms with Crippen LogP contribution in [0, 0.1) is 0 Å². The quantitative estimate of drug-likeness (QED) is 0.747. The van der Waals surface area contributed by atoms with Gasteiger partial charge in [-0.15, -0.1) is 11.8 Å². The Kier molecular flexibility index (Phi) is 3.56. The zero-order chi connectivity index (χ0) is 11.7. The third-order valence-electron chi connectivity index (χ3n) is 2.10. The summed E-state index contributed by atoms with van der Waals surface area (Å²) in [5.74, 6) is 0.239. The molecule has 0 spiro atoms. The zero-order valence-corrected chi connectivity index (χ0v) is 11.2. The molecule has 2 rings (SSSR count). The van der Waals surface area contributed by atoms with Crippen molar-refractivity contribution in [3.8, 4) is 0 Å². The SMILES string of the molecule is O=C1CSCC(=O)N1c1cc(Cl)ccc1Br. The first-order valence-corrected chi connectivity index (χ1v) is 6.81. The highest BCUT2D eigenvalue weighted by molar-refractivity contribution is 9.10. The van der Waals surface area contributed by atoms with E-state index in [0.717, 1.165) is 0 Å². The number of thioether (sulfide) groups is 1. The van der Waals surface area contributed by atoms with Crippen LogP contribution in [0.3, 0.4) is 0 Å². The van der Waals surface area contributed by atoms with Crippen molar-refractivity contribution in [1.82, 2.24) is 0 Å². The first-order chi connectivity index (χ1) is 7.59. The molecular weight excluding hydrogens is 314 g/mol. The molecule has 0 radical (unpaired) electrons. The second-order valence-electron chi connectivity index (χ2n) is 3.21. The van der Waals surface area contributed by atoms with Crippen molar-refractivity contribution in [2.45, 2.75) is 0 Å². The van der Waals surface area contributed by atoms with E-state index in [2.05, 4.69) is 15.9 Å². The number of carbonyl (C=O) groups excluding carboxylic acids is 2. The predicted octanol–water partition coefficient (Wildman–Crippen LogP) is 2.71. The number of benzene rings is 1. The van der Waals surface area contributed by atoms with E-state index in [9.17, 15) is 9.59 Å². The second kappa shape index (κ2) is 4.77. The maximum absolute atomic E-state index is 11.7. The molecular formula is C10H7BrClNO2S. The van der Waals surface area contributed by atoms with Gasteiger partial charge in [-0.2, -0.15) is 0 Å². The van der Waals surface area contributed by atoms with Gasteiger partial charge in [0.1, 0.15) is 0 Å². The summed E-state index contributed by atoms with van der Waals surface area (Å²) in [7, 11) is 0. The monoisotopic (exact) mass is 319 g/mol. The average Bonchev–Trinajstić information content (AvgIpc) is 2.23. The maximum atomic E-state index is 11.7. The number of carbonyl (C=O) groups is 2. The molecule has 0 aliphatic carbocycles. The summed E-state index contributed by atoms with van der Waals surface area (Å²) in [4.78, 5) is 24.6. The number of nitrogens with zero attached hydrogens (tertiary/aromatic N) is 1. The number of halogens is 2. The van der Waals surface area contributed by atoms with Crippen molar-refractivity contribution in [3.63, 3.8) is 0 Å². The topological polar surface area (TPSA) is 37.4 Å². The Balaban J connectivity index is 2.45. The van der Waals surface area contributed by atoms with Gasteiger partial charge in [-0.3, -0.25) is 9.59 Å². The van der Waals surface area contributed by atoms with Gasteiger partial charge in [-0.25, -0.2) is 4.90 Å². The van der Waals surface area contributed by atoms with E-state index < -0.39 is 0 Å².